The van der Waals surface area contributed by atoms with Crippen LogP contribution in [-0.2, 0) is 22.4 Å². The zero-order valence-electron chi connectivity index (χ0n) is 19.3. The van der Waals surface area contributed by atoms with Gasteiger partial charge in [-0.25, -0.2) is 4.98 Å². The van der Waals surface area contributed by atoms with E-state index in [9.17, 15) is 8.94 Å². The molecule has 0 saturated heterocycles. The number of halogens is 1. The Morgan fingerprint density at radius 1 is 1.27 bits per heavy atom. The molecule has 0 fully saturated rings. The third kappa shape index (κ3) is 5.57. The van der Waals surface area contributed by atoms with Crippen molar-refractivity contribution < 1.29 is 17.9 Å². The molecule has 2 heterocycles. The fraction of sp³-hybridized carbons (Fsp3) is 0.571. The SMILES string of the molecule is Cc1noc(C=N[S+]([O-])C(C)(C)C)c1-c1ccnc(F)c1CO[Si](C)(C)C(C)(C)C. The van der Waals surface area contributed by atoms with Crippen molar-refractivity contribution in [1.82, 2.24) is 10.1 Å². The lowest BCUT2D eigenvalue weighted by molar-refractivity contribution is 0.270. The van der Waals surface area contributed by atoms with Crippen LogP contribution in [0.5, 0.6) is 0 Å². The molecule has 0 amide bonds. The van der Waals surface area contributed by atoms with E-state index in [-0.39, 0.29) is 11.6 Å². The third-order valence-corrected chi connectivity index (χ3v) is 11.2. The summed E-state index contributed by atoms with van der Waals surface area (Å²) in [5.41, 5.74) is 2.11. The molecule has 0 spiro atoms. The summed E-state index contributed by atoms with van der Waals surface area (Å²) in [5, 5.41) is 4.01. The molecule has 2 aromatic heterocycles. The molecule has 0 saturated carbocycles. The lowest BCUT2D eigenvalue weighted by Crippen LogP contribution is -2.40. The molecular weight excluding hydrogens is 421 g/mol. The summed E-state index contributed by atoms with van der Waals surface area (Å²) >= 11 is -1.45. The Labute approximate surface area is 182 Å². The van der Waals surface area contributed by atoms with Gasteiger partial charge in [0.2, 0.25) is 5.95 Å². The number of rotatable bonds is 6. The number of aryl methyl sites for hydroxylation is 1. The van der Waals surface area contributed by atoms with Gasteiger partial charge < -0.3 is 13.5 Å². The molecule has 1 atom stereocenters. The van der Waals surface area contributed by atoms with E-state index in [0.29, 0.717) is 28.1 Å². The summed E-state index contributed by atoms with van der Waals surface area (Å²) in [6.07, 6.45) is 2.80. The molecule has 0 aliphatic carbocycles. The molecule has 2 aromatic rings. The highest BCUT2D eigenvalue weighted by atomic mass is 32.2. The minimum Gasteiger partial charge on any atom is -0.591 e. The molecule has 6 nitrogen and oxygen atoms in total. The van der Waals surface area contributed by atoms with Crippen molar-refractivity contribution in [3.05, 3.63) is 35.2 Å². The van der Waals surface area contributed by atoms with E-state index in [1.165, 1.54) is 12.4 Å². The van der Waals surface area contributed by atoms with Gasteiger partial charge in [0.15, 0.2) is 14.1 Å². The monoisotopic (exact) mass is 453 g/mol. The summed E-state index contributed by atoms with van der Waals surface area (Å²) in [6, 6.07) is 1.71. The first kappa shape index (κ1) is 24.7. The zero-order valence-corrected chi connectivity index (χ0v) is 21.1. The lowest BCUT2D eigenvalue weighted by atomic mass is 10.0. The second kappa shape index (κ2) is 8.90. The van der Waals surface area contributed by atoms with Crippen LogP contribution in [0.4, 0.5) is 4.39 Å². The van der Waals surface area contributed by atoms with Gasteiger partial charge in [-0.15, -0.1) is 0 Å². The van der Waals surface area contributed by atoms with Crippen molar-refractivity contribution in [2.45, 2.75) is 78.0 Å². The van der Waals surface area contributed by atoms with Gasteiger partial charge in [0, 0.05) is 11.8 Å². The fourth-order valence-electron chi connectivity index (χ4n) is 2.36. The van der Waals surface area contributed by atoms with Crippen molar-refractivity contribution in [3.8, 4) is 11.1 Å². The average Bonchev–Trinajstić information content (AvgIpc) is 2.97. The van der Waals surface area contributed by atoms with E-state index < -0.39 is 30.4 Å². The lowest BCUT2D eigenvalue weighted by Gasteiger charge is -2.36. The Morgan fingerprint density at radius 3 is 2.47 bits per heavy atom. The molecule has 30 heavy (non-hydrogen) atoms. The second-order valence-corrected chi connectivity index (χ2v) is 16.5. The predicted molar refractivity (Wildman–Crippen MR) is 122 cm³/mol. The second-order valence-electron chi connectivity index (χ2n) is 9.78. The first-order chi connectivity index (χ1) is 13.6. The van der Waals surface area contributed by atoms with Crippen LogP contribution >= 0.6 is 0 Å². The standard InChI is InChI=1S/C21H32FN3O3SSi/c1-14-18(17(28-25-14)12-24-29(26)20(2,3)4)15-10-11-23-19(22)16(15)13-27-30(8,9)21(5,6)7/h10-12H,13H2,1-9H3. The number of nitrogens with zero attached hydrogens (tertiary/aromatic N) is 3. The number of hydrogen-bond donors (Lipinski definition) is 0. The van der Waals surface area contributed by atoms with E-state index in [1.54, 1.807) is 13.0 Å². The predicted octanol–water partition coefficient (Wildman–Crippen LogP) is 5.59. The average molecular weight is 454 g/mol. The van der Waals surface area contributed by atoms with Crippen LogP contribution in [-0.4, -0.2) is 34.0 Å². The molecular formula is C21H32FN3O3SSi. The van der Waals surface area contributed by atoms with Crippen molar-refractivity contribution in [2.75, 3.05) is 0 Å². The van der Waals surface area contributed by atoms with Crippen molar-refractivity contribution in [3.63, 3.8) is 0 Å². The molecule has 1 unspecified atom stereocenters. The first-order valence-corrected chi connectivity index (χ1v) is 13.9. The van der Waals surface area contributed by atoms with Crippen LogP contribution in [0.25, 0.3) is 11.1 Å². The van der Waals surface area contributed by atoms with Gasteiger partial charge in [-0.3, -0.25) is 0 Å². The van der Waals surface area contributed by atoms with Gasteiger partial charge in [0.1, 0.15) is 22.3 Å². The largest absolute Gasteiger partial charge is 0.591 e. The molecule has 0 aliphatic rings. The van der Waals surface area contributed by atoms with Gasteiger partial charge in [-0.05, 0) is 57.5 Å². The summed E-state index contributed by atoms with van der Waals surface area (Å²) in [4.78, 5) is 3.81. The third-order valence-electron chi connectivity index (χ3n) is 5.33. The van der Waals surface area contributed by atoms with Crippen molar-refractivity contribution in [2.24, 2.45) is 4.40 Å². The summed E-state index contributed by atoms with van der Waals surface area (Å²) < 4.78 is 42.3. The van der Waals surface area contributed by atoms with E-state index in [4.69, 9.17) is 8.95 Å². The maximum absolute atomic E-state index is 14.7. The van der Waals surface area contributed by atoms with Crippen LogP contribution in [0.15, 0.2) is 21.2 Å². The van der Waals surface area contributed by atoms with Crippen molar-refractivity contribution in [1.29, 1.82) is 0 Å². The number of pyridine rings is 1. The van der Waals surface area contributed by atoms with E-state index in [0.717, 1.165) is 0 Å². The van der Waals surface area contributed by atoms with E-state index in [1.807, 2.05) is 20.8 Å². The van der Waals surface area contributed by atoms with Gasteiger partial charge in [-0.1, -0.05) is 30.3 Å². The summed E-state index contributed by atoms with van der Waals surface area (Å²) in [6.45, 7) is 18.0. The Balaban J connectivity index is 2.46. The zero-order chi connectivity index (χ0) is 22.9. The Hall–Kier alpha value is -1.55. The summed E-state index contributed by atoms with van der Waals surface area (Å²) in [7, 11) is -2.10. The van der Waals surface area contributed by atoms with Crippen LogP contribution in [0.1, 0.15) is 58.6 Å². The van der Waals surface area contributed by atoms with Gasteiger partial charge in [0.25, 0.3) is 0 Å². The molecule has 0 N–H and O–H groups in total. The first-order valence-electron chi connectivity index (χ1n) is 9.85. The Morgan fingerprint density at radius 2 is 1.90 bits per heavy atom. The molecule has 166 valence electrons. The van der Waals surface area contributed by atoms with Gasteiger partial charge in [0.05, 0.1) is 17.9 Å². The van der Waals surface area contributed by atoms with E-state index in [2.05, 4.69) is 48.4 Å². The van der Waals surface area contributed by atoms with E-state index >= 15 is 0 Å². The van der Waals surface area contributed by atoms with Crippen LogP contribution in [0, 0.1) is 12.9 Å². The van der Waals surface area contributed by atoms with Gasteiger partial charge in [-0.2, -0.15) is 4.39 Å². The maximum atomic E-state index is 14.7. The van der Waals surface area contributed by atoms with Gasteiger partial charge >= 0.3 is 0 Å². The molecule has 0 aliphatic heterocycles. The normalized spacial score (nSPS) is 14.5. The maximum Gasteiger partial charge on any atom is 0.218 e. The van der Waals surface area contributed by atoms with Crippen LogP contribution in [0.3, 0.4) is 0 Å². The smallest absolute Gasteiger partial charge is 0.218 e. The molecule has 2 rings (SSSR count). The Bertz CT molecular complexity index is 917. The highest BCUT2D eigenvalue weighted by Gasteiger charge is 2.37. The molecule has 9 heteroatoms. The number of hydrogen-bond acceptors (Lipinski definition) is 6. The molecule has 0 radical (unpaired) electrons. The molecule has 0 aromatic carbocycles. The Kier molecular flexibility index (Phi) is 7.33. The highest BCUT2D eigenvalue weighted by molar-refractivity contribution is 7.91. The van der Waals surface area contributed by atoms with Crippen LogP contribution in [0.2, 0.25) is 18.1 Å². The number of aromatic nitrogens is 2. The topological polar surface area (TPSA) is 83.6 Å². The fourth-order valence-corrected chi connectivity index (χ4v) is 3.81. The van der Waals surface area contributed by atoms with Crippen LogP contribution < -0.4 is 0 Å². The van der Waals surface area contributed by atoms with Crippen molar-refractivity contribution >= 4 is 25.9 Å². The highest BCUT2D eigenvalue weighted by Crippen LogP contribution is 2.38. The summed E-state index contributed by atoms with van der Waals surface area (Å²) in [5.74, 6) is -0.266. The minimum absolute atomic E-state index is 0.00615. The molecule has 0 bridgehead atoms. The minimum atomic E-state index is -2.10. The quantitative estimate of drug-likeness (QED) is 0.246.